The van der Waals surface area contributed by atoms with Crippen LogP contribution in [0.5, 0.6) is 0 Å². The number of amides is 1. The van der Waals surface area contributed by atoms with Crippen molar-refractivity contribution in [3.8, 4) is 0 Å². The maximum Gasteiger partial charge on any atom is 0.244 e. The Labute approximate surface area is 88.4 Å². The molecule has 74 valence electrons. The summed E-state index contributed by atoms with van der Waals surface area (Å²) in [5, 5.41) is 0.652. The van der Waals surface area contributed by atoms with E-state index < -0.39 is 5.91 Å². The van der Waals surface area contributed by atoms with Gasteiger partial charge in [0.25, 0.3) is 0 Å². The van der Waals surface area contributed by atoms with Gasteiger partial charge in [0.05, 0.1) is 0 Å². The minimum Gasteiger partial charge on any atom is -0.366 e. The molecule has 0 aromatic heterocycles. The van der Waals surface area contributed by atoms with Gasteiger partial charge >= 0.3 is 0 Å². The van der Waals surface area contributed by atoms with Crippen LogP contribution in [0, 0.1) is 0 Å². The maximum absolute atomic E-state index is 10.9. The summed E-state index contributed by atoms with van der Waals surface area (Å²) in [6, 6.07) is 7.34. The highest BCUT2D eigenvalue weighted by Gasteiger charge is 2.05. The van der Waals surface area contributed by atoms with Crippen LogP contribution in [-0.2, 0) is 4.79 Å². The van der Waals surface area contributed by atoms with Crippen molar-refractivity contribution in [2.75, 3.05) is 0 Å². The van der Waals surface area contributed by atoms with Gasteiger partial charge in [0.2, 0.25) is 5.91 Å². The fraction of sp³-hybridized carbons (Fsp3) is 0.182. The Morgan fingerprint density at radius 3 is 2.50 bits per heavy atom. The van der Waals surface area contributed by atoms with Gasteiger partial charge in [0.1, 0.15) is 0 Å². The van der Waals surface area contributed by atoms with E-state index in [9.17, 15) is 4.79 Å². The standard InChI is InChI=1S/C11H12ClNO/c1-7(8(2)11(13)14)9-4-3-5-10(12)6-9/h3-6H,1-2H3,(H2,13,14). The number of carbonyl (C=O) groups is 1. The molecule has 0 heterocycles. The van der Waals surface area contributed by atoms with E-state index in [0.717, 1.165) is 11.1 Å². The van der Waals surface area contributed by atoms with Crippen molar-refractivity contribution >= 4 is 23.1 Å². The van der Waals surface area contributed by atoms with Gasteiger partial charge < -0.3 is 5.73 Å². The van der Waals surface area contributed by atoms with Crippen LogP contribution in [0.4, 0.5) is 0 Å². The first-order chi connectivity index (χ1) is 6.52. The average Bonchev–Trinajstić information content (AvgIpc) is 2.15. The molecule has 0 saturated heterocycles. The normalized spacial score (nSPS) is 12.2. The van der Waals surface area contributed by atoms with Gasteiger partial charge in [-0.3, -0.25) is 4.79 Å². The van der Waals surface area contributed by atoms with Gasteiger partial charge in [-0.2, -0.15) is 0 Å². The molecule has 0 aliphatic rings. The molecule has 0 aliphatic carbocycles. The lowest BCUT2D eigenvalue weighted by Gasteiger charge is -2.05. The van der Waals surface area contributed by atoms with E-state index in [4.69, 9.17) is 17.3 Å². The molecule has 0 bridgehead atoms. The third-order valence-corrected chi connectivity index (χ3v) is 2.42. The number of rotatable bonds is 2. The quantitative estimate of drug-likeness (QED) is 0.748. The Hall–Kier alpha value is -1.28. The van der Waals surface area contributed by atoms with E-state index in [1.807, 2.05) is 25.1 Å². The highest BCUT2D eigenvalue weighted by molar-refractivity contribution is 6.30. The van der Waals surface area contributed by atoms with E-state index in [2.05, 4.69) is 0 Å². The molecule has 14 heavy (non-hydrogen) atoms. The van der Waals surface area contributed by atoms with Crippen LogP contribution in [0.1, 0.15) is 19.4 Å². The van der Waals surface area contributed by atoms with Gasteiger partial charge in [-0.05, 0) is 37.1 Å². The molecule has 0 fully saturated rings. The summed E-state index contributed by atoms with van der Waals surface area (Å²) < 4.78 is 0. The molecule has 0 spiro atoms. The van der Waals surface area contributed by atoms with Crippen LogP contribution in [0.25, 0.3) is 5.57 Å². The Bertz CT molecular complexity index is 396. The van der Waals surface area contributed by atoms with E-state index in [0.29, 0.717) is 10.6 Å². The second-order valence-corrected chi connectivity index (χ2v) is 3.56. The third kappa shape index (κ3) is 2.36. The summed E-state index contributed by atoms with van der Waals surface area (Å²) in [6.07, 6.45) is 0. The van der Waals surface area contributed by atoms with Gasteiger partial charge in [-0.25, -0.2) is 0 Å². The molecule has 1 rings (SSSR count). The SMILES string of the molecule is CC(C(N)=O)=C(C)c1cccc(Cl)c1. The predicted molar refractivity (Wildman–Crippen MR) is 58.9 cm³/mol. The molecule has 0 atom stereocenters. The minimum atomic E-state index is -0.400. The Morgan fingerprint density at radius 2 is 2.00 bits per heavy atom. The zero-order valence-electron chi connectivity index (χ0n) is 8.17. The van der Waals surface area contributed by atoms with E-state index in [-0.39, 0.29) is 0 Å². The Kier molecular flexibility index (Phi) is 3.31. The molecule has 3 heteroatoms. The van der Waals surface area contributed by atoms with Crippen LogP contribution in [0.15, 0.2) is 29.8 Å². The lowest BCUT2D eigenvalue weighted by molar-refractivity contribution is -0.114. The van der Waals surface area contributed by atoms with Crippen LogP contribution < -0.4 is 5.73 Å². The monoisotopic (exact) mass is 209 g/mol. The second-order valence-electron chi connectivity index (χ2n) is 3.12. The number of primary amides is 1. The smallest absolute Gasteiger partial charge is 0.244 e. The van der Waals surface area contributed by atoms with Crippen molar-refractivity contribution < 1.29 is 4.79 Å². The number of hydrogen-bond donors (Lipinski definition) is 1. The van der Waals surface area contributed by atoms with Crippen LogP contribution in [0.2, 0.25) is 5.02 Å². The summed E-state index contributed by atoms with van der Waals surface area (Å²) in [6.45, 7) is 3.56. The molecule has 0 radical (unpaired) electrons. The predicted octanol–water partition coefficient (Wildman–Crippen LogP) is 2.62. The van der Waals surface area contributed by atoms with Gasteiger partial charge in [0, 0.05) is 10.6 Å². The average molecular weight is 210 g/mol. The van der Waals surface area contributed by atoms with Crippen molar-refractivity contribution in [2.24, 2.45) is 5.73 Å². The number of nitrogens with two attached hydrogens (primary N) is 1. The van der Waals surface area contributed by atoms with Crippen LogP contribution in [0.3, 0.4) is 0 Å². The number of benzene rings is 1. The van der Waals surface area contributed by atoms with E-state index in [1.54, 1.807) is 13.0 Å². The lowest BCUT2D eigenvalue weighted by Crippen LogP contribution is -2.12. The minimum absolute atomic E-state index is 0.400. The van der Waals surface area contributed by atoms with Gasteiger partial charge in [-0.15, -0.1) is 0 Å². The molecule has 1 aromatic carbocycles. The molecule has 1 aromatic rings. The highest BCUT2D eigenvalue weighted by Crippen LogP contribution is 2.20. The fourth-order valence-electron chi connectivity index (χ4n) is 1.12. The molecule has 2 nitrogen and oxygen atoms in total. The fourth-order valence-corrected chi connectivity index (χ4v) is 1.31. The molecule has 1 amide bonds. The largest absolute Gasteiger partial charge is 0.366 e. The van der Waals surface area contributed by atoms with E-state index in [1.165, 1.54) is 0 Å². The van der Waals surface area contributed by atoms with Crippen molar-refractivity contribution in [3.05, 3.63) is 40.4 Å². The topological polar surface area (TPSA) is 43.1 Å². The Balaban J connectivity index is 3.18. The third-order valence-electron chi connectivity index (χ3n) is 2.19. The molecule has 0 unspecified atom stereocenters. The first-order valence-corrected chi connectivity index (χ1v) is 4.63. The molecular formula is C11H12ClNO. The summed E-state index contributed by atoms with van der Waals surface area (Å²) >= 11 is 5.83. The molecular weight excluding hydrogens is 198 g/mol. The molecule has 2 N–H and O–H groups in total. The summed E-state index contributed by atoms with van der Waals surface area (Å²) in [7, 11) is 0. The first kappa shape index (κ1) is 10.8. The second kappa shape index (κ2) is 4.29. The summed E-state index contributed by atoms with van der Waals surface area (Å²) in [4.78, 5) is 10.9. The first-order valence-electron chi connectivity index (χ1n) is 4.25. The molecule has 0 saturated carbocycles. The van der Waals surface area contributed by atoms with Crippen molar-refractivity contribution in [3.63, 3.8) is 0 Å². The zero-order chi connectivity index (χ0) is 10.7. The highest BCUT2D eigenvalue weighted by atomic mass is 35.5. The number of halogens is 1. The number of carbonyl (C=O) groups excluding carboxylic acids is 1. The van der Waals surface area contributed by atoms with Gasteiger partial charge in [0.15, 0.2) is 0 Å². The van der Waals surface area contributed by atoms with Crippen molar-refractivity contribution in [1.82, 2.24) is 0 Å². The van der Waals surface area contributed by atoms with Gasteiger partial charge in [-0.1, -0.05) is 23.7 Å². The van der Waals surface area contributed by atoms with Crippen molar-refractivity contribution in [2.45, 2.75) is 13.8 Å². The van der Waals surface area contributed by atoms with Crippen molar-refractivity contribution in [1.29, 1.82) is 0 Å². The number of hydrogen-bond acceptors (Lipinski definition) is 1. The Morgan fingerprint density at radius 1 is 1.36 bits per heavy atom. The zero-order valence-corrected chi connectivity index (χ0v) is 8.93. The lowest BCUT2D eigenvalue weighted by atomic mass is 10.0. The van der Waals surface area contributed by atoms with E-state index >= 15 is 0 Å². The number of allylic oxidation sites excluding steroid dienone is 1. The van der Waals surface area contributed by atoms with Crippen LogP contribution in [-0.4, -0.2) is 5.91 Å². The summed E-state index contributed by atoms with van der Waals surface area (Å²) in [5.74, 6) is -0.400. The summed E-state index contributed by atoms with van der Waals surface area (Å²) in [5.41, 5.74) is 7.53. The van der Waals surface area contributed by atoms with Crippen LogP contribution >= 0.6 is 11.6 Å². The molecule has 0 aliphatic heterocycles. The maximum atomic E-state index is 10.9.